The molecule has 0 aliphatic carbocycles. The van der Waals surface area contributed by atoms with Crippen molar-refractivity contribution in [2.75, 3.05) is 6.61 Å². The Morgan fingerprint density at radius 1 is 1.26 bits per heavy atom. The van der Waals surface area contributed by atoms with Crippen LogP contribution in [0.3, 0.4) is 0 Å². The summed E-state index contributed by atoms with van der Waals surface area (Å²) < 4.78 is 0. The van der Waals surface area contributed by atoms with Crippen molar-refractivity contribution >= 4 is 29.1 Å². The van der Waals surface area contributed by atoms with E-state index < -0.39 is 6.04 Å². The van der Waals surface area contributed by atoms with Gasteiger partial charge in [-0.2, -0.15) is 0 Å². The number of nitrogens with one attached hydrogen (secondary N) is 1. The SMILES string of the molecule is CC(CO)N(Cc1ccc(Cl)c(Cl)c1)C(=O)c1cccc(=O)[nH]1. The standard InChI is InChI=1S/C16H16Cl2N2O3/c1-10(9-21)20(8-11-5-6-12(17)13(18)7-11)16(23)14-3-2-4-15(22)19-14/h2-7,10,21H,8-9H2,1H3,(H,19,22). The van der Waals surface area contributed by atoms with Crippen molar-refractivity contribution < 1.29 is 9.90 Å². The van der Waals surface area contributed by atoms with E-state index in [1.807, 2.05) is 0 Å². The number of halogens is 2. The maximum Gasteiger partial charge on any atom is 0.270 e. The number of nitrogens with zero attached hydrogens (tertiary/aromatic N) is 1. The van der Waals surface area contributed by atoms with Crippen LogP contribution < -0.4 is 5.56 Å². The van der Waals surface area contributed by atoms with Crippen molar-refractivity contribution in [1.29, 1.82) is 0 Å². The molecule has 0 radical (unpaired) electrons. The van der Waals surface area contributed by atoms with E-state index in [1.165, 1.54) is 23.1 Å². The van der Waals surface area contributed by atoms with Crippen molar-refractivity contribution in [2.45, 2.75) is 19.5 Å². The minimum Gasteiger partial charge on any atom is -0.394 e. The molecule has 2 aromatic rings. The summed E-state index contributed by atoms with van der Waals surface area (Å²) in [6.07, 6.45) is 0. The first-order valence-electron chi connectivity index (χ1n) is 6.97. The second kappa shape index (κ2) is 7.64. The zero-order valence-electron chi connectivity index (χ0n) is 12.4. The van der Waals surface area contributed by atoms with Crippen LogP contribution in [0.15, 0.2) is 41.2 Å². The highest BCUT2D eigenvalue weighted by atomic mass is 35.5. The van der Waals surface area contributed by atoms with E-state index in [2.05, 4.69) is 4.98 Å². The molecule has 2 rings (SSSR count). The van der Waals surface area contributed by atoms with Gasteiger partial charge in [-0.25, -0.2) is 0 Å². The maximum atomic E-state index is 12.6. The smallest absolute Gasteiger partial charge is 0.270 e. The number of benzene rings is 1. The highest BCUT2D eigenvalue weighted by Gasteiger charge is 2.22. The zero-order valence-corrected chi connectivity index (χ0v) is 13.9. The minimum absolute atomic E-state index is 0.165. The molecule has 23 heavy (non-hydrogen) atoms. The van der Waals surface area contributed by atoms with Crippen LogP contribution in [0.5, 0.6) is 0 Å². The Hall–Kier alpha value is -1.82. The van der Waals surface area contributed by atoms with Crippen molar-refractivity contribution in [3.05, 3.63) is 68.1 Å². The summed E-state index contributed by atoms with van der Waals surface area (Å²) in [4.78, 5) is 28.0. The summed E-state index contributed by atoms with van der Waals surface area (Å²) in [6, 6.07) is 9.00. The summed E-state index contributed by atoms with van der Waals surface area (Å²) in [5, 5.41) is 10.2. The average molecular weight is 355 g/mol. The molecule has 2 N–H and O–H groups in total. The van der Waals surface area contributed by atoms with E-state index in [-0.39, 0.29) is 30.3 Å². The number of carbonyl (C=O) groups excluding carboxylic acids is 1. The topological polar surface area (TPSA) is 73.4 Å². The Bertz CT molecular complexity index is 761. The van der Waals surface area contributed by atoms with Crippen LogP contribution in [0.1, 0.15) is 23.0 Å². The number of hydrogen-bond acceptors (Lipinski definition) is 3. The average Bonchev–Trinajstić information content (AvgIpc) is 2.54. The Balaban J connectivity index is 2.31. The molecule has 0 fully saturated rings. The van der Waals surface area contributed by atoms with Crippen molar-refractivity contribution in [3.63, 3.8) is 0 Å². The molecule has 1 amide bonds. The lowest BCUT2D eigenvalue weighted by Crippen LogP contribution is -2.41. The minimum atomic E-state index is -0.430. The van der Waals surface area contributed by atoms with Gasteiger partial charge in [0.2, 0.25) is 5.56 Å². The molecule has 1 heterocycles. The van der Waals surface area contributed by atoms with E-state index in [0.717, 1.165) is 5.56 Å². The molecule has 1 atom stereocenters. The lowest BCUT2D eigenvalue weighted by atomic mass is 10.1. The lowest BCUT2D eigenvalue weighted by molar-refractivity contribution is 0.0592. The van der Waals surface area contributed by atoms with Gasteiger partial charge in [-0.1, -0.05) is 35.3 Å². The fraction of sp³-hybridized carbons (Fsp3) is 0.250. The number of amides is 1. The summed E-state index contributed by atoms with van der Waals surface area (Å²) in [7, 11) is 0. The molecule has 0 saturated heterocycles. The van der Waals surface area contributed by atoms with Crippen LogP contribution in [-0.2, 0) is 6.54 Å². The van der Waals surface area contributed by atoms with Gasteiger partial charge >= 0.3 is 0 Å². The highest BCUT2D eigenvalue weighted by Crippen LogP contribution is 2.24. The Kier molecular flexibility index (Phi) is 5.82. The second-order valence-corrected chi connectivity index (χ2v) is 5.96. The van der Waals surface area contributed by atoms with Crippen molar-refractivity contribution in [2.24, 2.45) is 0 Å². The molecule has 0 aliphatic rings. The van der Waals surface area contributed by atoms with Gasteiger partial charge in [-0.3, -0.25) is 9.59 Å². The molecule has 1 unspecified atom stereocenters. The maximum absolute atomic E-state index is 12.6. The zero-order chi connectivity index (χ0) is 17.0. The number of aromatic amines is 1. The van der Waals surface area contributed by atoms with Gasteiger partial charge in [0.15, 0.2) is 0 Å². The normalized spacial score (nSPS) is 12.0. The van der Waals surface area contributed by atoms with Crippen LogP contribution in [0.4, 0.5) is 0 Å². The Morgan fingerprint density at radius 3 is 2.61 bits per heavy atom. The predicted octanol–water partition coefficient (Wildman–Crippen LogP) is 2.70. The van der Waals surface area contributed by atoms with Gasteiger partial charge in [-0.05, 0) is 30.7 Å². The Morgan fingerprint density at radius 2 is 2.00 bits per heavy atom. The molecule has 122 valence electrons. The van der Waals surface area contributed by atoms with E-state index in [9.17, 15) is 14.7 Å². The van der Waals surface area contributed by atoms with Gasteiger partial charge in [0.05, 0.1) is 22.7 Å². The van der Waals surface area contributed by atoms with Crippen LogP contribution in [0.25, 0.3) is 0 Å². The predicted molar refractivity (Wildman–Crippen MR) is 89.9 cm³/mol. The molecule has 1 aromatic carbocycles. The van der Waals surface area contributed by atoms with Gasteiger partial charge in [-0.15, -0.1) is 0 Å². The fourth-order valence-corrected chi connectivity index (χ4v) is 2.41. The monoisotopic (exact) mass is 354 g/mol. The van der Waals surface area contributed by atoms with Crippen molar-refractivity contribution in [1.82, 2.24) is 9.88 Å². The number of hydrogen-bond donors (Lipinski definition) is 2. The molecule has 0 spiro atoms. The van der Waals surface area contributed by atoms with E-state index in [1.54, 1.807) is 25.1 Å². The molecular weight excluding hydrogens is 339 g/mol. The molecular formula is C16H16Cl2N2O3. The fourth-order valence-electron chi connectivity index (χ4n) is 2.09. The first-order valence-corrected chi connectivity index (χ1v) is 7.73. The summed E-state index contributed by atoms with van der Waals surface area (Å²) in [5.41, 5.74) is 0.575. The number of pyridine rings is 1. The van der Waals surface area contributed by atoms with E-state index in [0.29, 0.717) is 10.0 Å². The molecule has 5 nitrogen and oxygen atoms in total. The molecule has 1 aromatic heterocycles. The largest absolute Gasteiger partial charge is 0.394 e. The number of aliphatic hydroxyl groups excluding tert-OH is 1. The van der Waals surface area contributed by atoms with Crippen molar-refractivity contribution in [3.8, 4) is 0 Å². The molecule has 0 saturated carbocycles. The molecule has 7 heteroatoms. The molecule has 0 bridgehead atoms. The van der Waals surface area contributed by atoms with Gasteiger partial charge in [0.25, 0.3) is 5.91 Å². The number of aromatic nitrogens is 1. The summed E-state index contributed by atoms with van der Waals surface area (Å²) in [5.74, 6) is -0.379. The quantitative estimate of drug-likeness (QED) is 0.866. The lowest BCUT2D eigenvalue weighted by Gasteiger charge is -2.28. The third-order valence-electron chi connectivity index (χ3n) is 3.39. The Labute approximate surface area is 143 Å². The van der Waals surface area contributed by atoms with Crippen LogP contribution >= 0.6 is 23.2 Å². The van der Waals surface area contributed by atoms with E-state index in [4.69, 9.17) is 23.2 Å². The van der Waals surface area contributed by atoms with Gasteiger partial charge in [0, 0.05) is 12.6 Å². The van der Waals surface area contributed by atoms with Gasteiger partial charge < -0.3 is 15.0 Å². The first kappa shape index (κ1) is 17.5. The highest BCUT2D eigenvalue weighted by molar-refractivity contribution is 6.42. The van der Waals surface area contributed by atoms with Crippen LogP contribution in [0.2, 0.25) is 10.0 Å². The summed E-state index contributed by atoms with van der Waals surface area (Å²) >= 11 is 11.9. The third kappa shape index (κ3) is 4.34. The first-order chi connectivity index (χ1) is 10.9. The second-order valence-electron chi connectivity index (χ2n) is 5.14. The summed E-state index contributed by atoms with van der Waals surface area (Å²) in [6.45, 7) is 1.75. The van der Waals surface area contributed by atoms with Crippen LogP contribution in [0, 0.1) is 0 Å². The van der Waals surface area contributed by atoms with E-state index >= 15 is 0 Å². The van der Waals surface area contributed by atoms with Gasteiger partial charge in [0.1, 0.15) is 5.69 Å². The van der Waals surface area contributed by atoms with Crippen LogP contribution in [-0.4, -0.2) is 33.5 Å². The number of carbonyl (C=O) groups is 1. The molecule has 0 aliphatic heterocycles. The number of H-pyrrole nitrogens is 1. The number of rotatable bonds is 5. The number of aliphatic hydroxyl groups is 1. The third-order valence-corrected chi connectivity index (χ3v) is 4.13.